The Morgan fingerprint density at radius 2 is 1.93 bits per heavy atom. The number of hydrogen-bond acceptors (Lipinski definition) is 4. The van der Waals surface area contributed by atoms with E-state index < -0.39 is 0 Å². The fourth-order valence-electron chi connectivity index (χ4n) is 2.71. The number of amides is 1. The van der Waals surface area contributed by atoms with Crippen LogP contribution in [0.5, 0.6) is 5.75 Å². The van der Waals surface area contributed by atoms with Crippen LogP contribution in [0, 0.1) is 0 Å². The Balaban J connectivity index is 1.65. The predicted molar refractivity (Wildman–Crippen MR) is 111 cm³/mol. The van der Waals surface area contributed by atoms with E-state index in [1.165, 1.54) is 0 Å². The van der Waals surface area contributed by atoms with Crippen molar-refractivity contribution in [2.75, 3.05) is 12.4 Å². The number of thiazole rings is 1. The average molecular weight is 395 g/mol. The lowest BCUT2D eigenvalue weighted by molar-refractivity contribution is 0.102. The minimum atomic E-state index is -0.253. The van der Waals surface area contributed by atoms with Crippen molar-refractivity contribution >= 4 is 44.7 Å². The summed E-state index contributed by atoms with van der Waals surface area (Å²) in [7, 11) is 1.56. The van der Waals surface area contributed by atoms with E-state index >= 15 is 0 Å². The van der Waals surface area contributed by atoms with Crippen molar-refractivity contribution in [3.63, 3.8) is 0 Å². The number of hydrogen-bond donors (Lipinski definition) is 1. The van der Waals surface area contributed by atoms with Gasteiger partial charge < -0.3 is 10.1 Å². The van der Waals surface area contributed by atoms with Crippen LogP contribution in [-0.2, 0) is 0 Å². The molecule has 0 aliphatic heterocycles. The van der Waals surface area contributed by atoms with Crippen molar-refractivity contribution < 1.29 is 9.53 Å². The summed E-state index contributed by atoms with van der Waals surface area (Å²) in [6, 6.07) is 20.5. The van der Waals surface area contributed by atoms with Crippen LogP contribution in [0.1, 0.15) is 10.4 Å². The Hall–Kier alpha value is -2.89. The molecule has 1 amide bonds. The Kier molecular flexibility index (Phi) is 4.79. The number of carbonyl (C=O) groups excluding carboxylic acids is 1. The zero-order valence-electron chi connectivity index (χ0n) is 14.4. The molecule has 6 heteroatoms. The highest BCUT2D eigenvalue weighted by Gasteiger charge is 2.12. The van der Waals surface area contributed by atoms with Crippen LogP contribution in [0.4, 0.5) is 5.69 Å². The first-order valence-corrected chi connectivity index (χ1v) is 9.44. The molecule has 3 aromatic carbocycles. The molecule has 0 bridgehead atoms. The highest BCUT2D eigenvalue weighted by Crippen LogP contribution is 2.34. The van der Waals surface area contributed by atoms with Crippen LogP contribution < -0.4 is 10.1 Å². The molecule has 0 unspecified atom stereocenters. The van der Waals surface area contributed by atoms with Gasteiger partial charge in [0.25, 0.3) is 5.91 Å². The molecule has 27 heavy (non-hydrogen) atoms. The van der Waals surface area contributed by atoms with E-state index in [4.69, 9.17) is 16.3 Å². The maximum atomic E-state index is 12.6. The second-order valence-corrected chi connectivity index (χ2v) is 7.31. The van der Waals surface area contributed by atoms with E-state index in [-0.39, 0.29) is 5.91 Å². The van der Waals surface area contributed by atoms with Crippen molar-refractivity contribution in [2.45, 2.75) is 0 Å². The number of methoxy groups -OCH3 is 1. The SMILES string of the molecule is COc1cccc(C(=O)Nc2cc(-c3nc4ccccc4s3)ccc2Cl)c1. The van der Waals surface area contributed by atoms with E-state index in [2.05, 4.69) is 10.3 Å². The molecule has 0 spiro atoms. The number of anilines is 1. The minimum Gasteiger partial charge on any atom is -0.497 e. The average Bonchev–Trinajstić information content (AvgIpc) is 3.14. The van der Waals surface area contributed by atoms with Crippen LogP contribution in [0.2, 0.25) is 5.02 Å². The monoisotopic (exact) mass is 394 g/mol. The van der Waals surface area contributed by atoms with Gasteiger partial charge in [-0.3, -0.25) is 4.79 Å². The van der Waals surface area contributed by atoms with Crippen LogP contribution in [0.3, 0.4) is 0 Å². The summed E-state index contributed by atoms with van der Waals surface area (Å²) in [5.74, 6) is 0.370. The molecular weight excluding hydrogens is 380 g/mol. The number of nitrogens with one attached hydrogen (secondary N) is 1. The van der Waals surface area contributed by atoms with Gasteiger partial charge in [0.1, 0.15) is 10.8 Å². The molecule has 0 fully saturated rings. The molecule has 0 saturated carbocycles. The maximum absolute atomic E-state index is 12.6. The quantitative estimate of drug-likeness (QED) is 0.470. The summed E-state index contributed by atoms with van der Waals surface area (Å²) in [5.41, 5.74) is 2.90. The molecular formula is C21H15ClN2O2S. The van der Waals surface area contributed by atoms with Crippen LogP contribution in [-0.4, -0.2) is 18.0 Å². The third kappa shape index (κ3) is 3.65. The van der Waals surface area contributed by atoms with Crippen molar-refractivity contribution in [1.29, 1.82) is 0 Å². The molecule has 0 radical (unpaired) electrons. The van der Waals surface area contributed by atoms with Crippen molar-refractivity contribution in [2.24, 2.45) is 0 Å². The zero-order chi connectivity index (χ0) is 18.8. The molecule has 0 aliphatic rings. The van der Waals surface area contributed by atoms with Gasteiger partial charge in [-0.25, -0.2) is 4.98 Å². The number of carbonyl (C=O) groups is 1. The largest absolute Gasteiger partial charge is 0.497 e. The maximum Gasteiger partial charge on any atom is 0.255 e. The van der Waals surface area contributed by atoms with E-state index in [9.17, 15) is 4.79 Å². The summed E-state index contributed by atoms with van der Waals surface area (Å²) in [6.07, 6.45) is 0. The highest BCUT2D eigenvalue weighted by molar-refractivity contribution is 7.21. The van der Waals surface area contributed by atoms with Gasteiger partial charge in [-0.2, -0.15) is 0 Å². The van der Waals surface area contributed by atoms with Crippen molar-refractivity contribution in [3.8, 4) is 16.3 Å². The molecule has 4 aromatic rings. The first-order chi connectivity index (χ1) is 13.1. The van der Waals surface area contributed by atoms with Crippen LogP contribution in [0.25, 0.3) is 20.8 Å². The van der Waals surface area contributed by atoms with Crippen molar-refractivity contribution in [1.82, 2.24) is 4.98 Å². The second kappa shape index (κ2) is 7.39. The van der Waals surface area contributed by atoms with Crippen LogP contribution >= 0.6 is 22.9 Å². The van der Waals surface area contributed by atoms with E-state index in [1.807, 2.05) is 36.4 Å². The normalized spacial score (nSPS) is 10.7. The van der Waals surface area contributed by atoms with Gasteiger partial charge in [0.2, 0.25) is 0 Å². The molecule has 134 valence electrons. The molecule has 4 rings (SSSR count). The molecule has 1 heterocycles. The number of para-hydroxylation sites is 1. The first-order valence-electron chi connectivity index (χ1n) is 8.25. The third-order valence-corrected chi connectivity index (χ3v) is 5.50. The lowest BCUT2D eigenvalue weighted by Crippen LogP contribution is -2.12. The Morgan fingerprint density at radius 3 is 2.74 bits per heavy atom. The van der Waals surface area contributed by atoms with Gasteiger partial charge in [0.05, 0.1) is 28.0 Å². The predicted octanol–water partition coefficient (Wildman–Crippen LogP) is 5.88. The number of fused-ring (bicyclic) bond motifs is 1. The summed E-state index contributed by atoms with van der Waals surface area (Å²) in [5, 5.41) is 4.22. The van der Waals surface area contributed by atoms with Gasteiger partial charge in [-0.15, -0.1) is 11.3 Å². The lowest BCUT2D eigenvalue weighted by Gasteiger charge is -2.09. The summed E-state index contributed by atoms with van der Waals surface area (Å²) in [4.78, 5) is 17.2. The Morgan fingerprint density at radius 1 is 1.07 bits per heavy atom. The fourth-order valence-corrected chi connectivity index (χ4v) is 3.84. The van der Waals surface area contributed by atoms with E-state index in [0.717, 1.165) is 20.8 Å². The molecule has 0 atom stereocenters. The van der Waals surface area contributed by atoms with Gasteiger partial charge in [-0.05, 0) is 42.5 Å². The number of rotatable bonds is 4. The number of aromatic nitrogens is 1. The fraction of sp³-hybridized carbons (Fsp3) is 0.0476. The van der Waals surface area contributed by atoms with E-state index in [0.29, 0.717) is 22.0 Å². The van der Waals surface area contributed by atoms with Gasteiger partial charge in [0.15, 0.2) is 0 Å². The first kappa shape index (κ1) is 17.5. The molecule has 0 aliphatic carbocycles. The van der Waals surface area contributed by atoms with Gasteiger partial charge in [0, 0.05) is 11.1 Å². The number of nitrogens with zero attached hydrogens (tertiary/aromatic N) is 1. The van der Waals surface area contributed by atoms with Gasteiger partial charge >= 0.3 is 0 Å². The Bertz CT molecular complexity index is 1110. The summed E-state index contributed by atoms with van der Waals surface area (Å²) >= 11 is 7.90. The van der Waals surface area contributed by atoms with Crippen molar-refractivity contribution in [3.05, 3.63) is 77.3 Å². The number of halogens is 1. The third-order valence-electron chi connectivity index (χ3n) is 4.09. The summed E-state index contributed by atoms with van der Waals surface area (Å²) < 4.78 is 6.29. The summed E-state index contributed by atoms with van der Waals surface area (Å²) in [6.45, 7) is 0. The number of ether oxygens (including phenoxy) is 1. The smallest absolute Gasteiger partial charge is 0.255 e. The second-order valence-electron chi connectivity index (χ2n) is 5.87. The zero-order valence-corrected chi connectivity index (χ0v) is 16.0. The molecule has 1 aromatic heterocycles. The topological polar surface area (TPSA) is 51.2 Å². The standard InChI is InChI=1S/C21H15ClN2O2S/c1-26-15-6-4-5-13(11-15)20(25)23-18-12-14(9-10-16(18)22)21-24-17-7-2-3-8-19(17)27-21/h2-12H,1H3,(H,23,25). The highest BCUT2D eigenvalue weighted by atomic mass is 35.5. The number of benzene rings is 3. The van der Waals surface area contributed by atoms with Gasteiger partial charge in [-0.1, -0.05) is 35.9 Å². The Labute approximate surface area is 165 Å². The van der Waals surface area contributed by atoms with E-state index in [1.54, 1.807) is 48.8 Å². The molecule has 0 saturated heterocycles. The molecule has 1 N–H and O–H groups in total. The van der Waals surface area contributed by atoms with Crippen LogP contribution in [0.15, 0.2) is 66.7 Å². The lowest BCUT2D eigenvalue weighted by atomic mass is 10.1. The molecule has 4 nitrogen and oxygen atoms in total. The minimum absolute atomic E-state index is 0.253.